The molecular formula is C21H31O6Ti-. The molecule has 3 N–H and O–H groups in total. The summed E-state index contributed by atoms with van der Waals surface area (Å²) in [5.74, 6) is -2.25. The molecule has 0 aromatic heterocycles. The molecule has 28 heavy (non-hydrogen) atoms. The molecule has 0 bridgehead atoms. The molecule has 1 aliphatic rings. The number of carbonyl (C=O) groups is 3. The average Bonchev–Trinajstić information content (AvgIpc) is 2.75. The van der Waals surface area contributed by atoms with Crippen molar-refractivity contribution in [1.82, 2.24) is 0 Å². The van der Waals surface area contributed by atoms with Gasteiger partial charge in [0.2, 0.25) is 0 Å². The maximum atomic E-state index is 9.60. The molecule has 0 aliphatic heterocycles. The van der Waals surface area contributed by atoms with Crippen LogP contribution in [0.25, 0.3) is 0 Å². The minimum absolute atomic E-state index is 0. The van der Waals surface area contributed by atoms with Gasteiger partial charge in [-0.3, -0.25) is 6.08 Å². The van der Waals surface area contributed by atoms with Crippen LogP contribution in [-0.4, -0.2) is 33.2 Å². The maximum Gasteiger partial charge on any atom is 0.330 e. The largest absolute Gasteiger partial charge is 0.478 e. The molecule has 156 valence electrons. The van der Waals surface area contributed by atoms with E-state index in [1.54, 1.807) is 0 Å². The van der Waals surface area contributed by atoms with E-state index in [9.17, 15) is 14.4 Å². The van der Waals surface area contributed by atoms with Crippen LogP contribution in [0.1, 0.15) is 48.5 Å². The molecule has 7 heteroatoms. The molecule has 1 rings (SSSR count). The predicted octanol–water partition coefficient (Wildman–Crippen LogP) is 4.66. The Morgan fingerprint density at radius 1 is 0.786 bits per heavy atom. The van der Waals surface area contributed by atoms with Crippen LogP contribution in [0.15, 0.2) is 53.2 Å². The molecule has 0 amide bonds. The molecule has 0 heterocycles. The Kier molecular flexibility index (Phi) is 20.2. The van der Waals surface area contributed by atoms with Gasteiger partial charge in [0.15, 0.2) is 0 Å². The third kappa shape index (κ3) is 18.6. The van der Waals surface area contributed by atoms with Crippen LogP contribution in [-0.2, 0) is 36.1 Å². The first kappa shape index (κ1) is 33.4. The summed E-state index contributed by atoms with van der Waals surface area (Å²) >= 11 is 0. The molecule has 0 radical (unpaired) electrons. The summed E-state index contributed by atoms with van der Waals surface area (Å²) in [6.07, 6.45) is 3.36. The Labute approximate surface area is 182 Å². The van der Waals surface area contributed by atoms with E-state index in [1.807, 2.05) is 0 Å². The number of carboxylic acid groups (broad SMARTS) is 3. The third-order valence-corrected chi connectivity index (χ3v) is 3.33. The van der Waals surface area contributed by atoms with Crippen molar-refractivity contribution in [2.24, 2.45) is 5.92 Å². The van der Waals surface area contributed by atoms with Gasteiger partial charge in [-0.15, -0.1) is 6.92 Å². The summed E-state index contributed by atoms with van der Waals surface area (Å²) in [6, 6.07) is 0. The van der Waals surface area contributed by atoms with Gasteiger partial charge >= 0.3 is 17.9 Å². The van der Waals surface area contributed by atoms with Gasteiger partial charge in [-0.25, -0.2) is 20.0 Å². The SMILES string of the molecule is C=C(C)C(=O)O.C=C(C)C(=O)O.C=C(C)C(=O)O.CC1=[C-]C(C)C(C)=C1C.[Ti]. The second-order valence-corrected chi connectivity index (χ2v) is 6.06. The molecule has 0 aromatic rings. The first-order valence-electron chi connectivity index (χ1n) is 8.00. The number of hydrogen-bond donors (Lipinski definition) is 3. The van der Waals surface area contributed by atoms with E-state index < -0.39 is 17.9 Å². The van der Waals surface area contributed by atoms with Crippen LogP contribution < -0.4 is 0 Å². The smallest absolute Gasteiger partial charge is 0.330 e. The van der Waals surface area contributed by atoms with Crippen LogP contribution in [0.4, 0.5) is 0 Å². The van der Waals surface area contributed by atoms with E-state index in [1.165, 1.54) is 37.5 Å². The van der Waals surface area contributed by atoms with E-state index in [0.29, 0.717) is 5.92 Å². The van der Waals surface area contributed by atoms with E-state index in [0.717, 1.165) is 0 Å². The molecule has 1 atom stereocenters. The molecule has 1 unspecified atom stereocenters. The van der Waals surface area contributed by atoms with E-state index in [4.69, 9.17) is 15.3 Å². The topological polar surface area (TPSA) is 112 Å². The normalized spacial score (nSPS) is 13.5. The Bertz CT molecular complexity index is 575. The van der Waals surface area contributed by atoms with Crippen LogP contribution in [0.3, 0.4) is 0 Å². The van der Waals surface area contributed by atoms with Gasteiger partial charge in [-0.1, -0.05) is 46.4 Å². The van der Waals surface area contributed by atoms with E-state index >= 15 is 0 Å². The second-order valence-electron chi connectivity index (χ2n) is 6.06. The zero-order valence-electron chi connectivity index (χ0n) is 17.8. The summed E-state index contributed by atoms with van der Waals surface area (Å²) in [6.45, 7) is 22.5. The Morgan fingerprint density at radius 3 is 1.04 bits per heavy atom. The maximum absolute atomic E-state index is 9.60. The zero-order chi connectivity index (χ0) is 22.5. The van der Waals surface area contributed by atoms with Crippen molar-refractivity contribution >= 4 is 17.9 Å². The fourth-order valence-electron chi connectivity index (χ4n) is 1.16. The molecule has 0 saturated carbocycles. The fourth-order valence-corrected chi connectivity index (χ4v) is 1.16. The van der Waals surface area contributed by atoms with Crippen molar-refractivity contribution in [3.05, 3.63) is 59.3 Å². The molecular weight excluding hydrogens is 396 g/mol. The van der Waals surface area contributed by atoms with E-state index in [2.05, 4.69) is 53.5 Å². The predicted molar refractivity (Wildman–Crippen MR) is 107 cm³/mol. The first-order chi connectivity index (χ1) is 12.1. The van der Waals surface area contributed by atoms with Crippen LogP contribution in [0, 0.1) is 12.0 Å². The Balaban J connectivity index is -0.000000139. The van der Waals surface area contributed by atoms with E-state index in [-0.39, 0.29) is 38.4 Å². The van der Waals surface area contributed by atoms with Crippen molar-refractivity contribution in [1.29, 1.82) is 0 Å². The number of allylic oxidation sites excluding steroid dienone is 4. The summed E-state index contributed by atoms with van der Waals surface area (Å²) < 4.78 is 0. The van der Waals surface area contributed by atoms with Crippen LogP contribution in [0.5, 0.6) is 0 Å². The molecule has 0 spiro atoms. The molecule has 6 nitrogen and oxygen atoms in total. The van der Waals surface area contributed by atoms with Gasteiger partial charge in [0, 0.05) is 38.4 Å². The van der Waals surface area contributed by atoms with Crippen LogP contribution >= 0.6 is 0 Å². The molecule has 0 aromatic carbocycles. The first-order valence-corrected chi connectivity index (χ1v) is 8.00. The standard InChI is InChI=1S/C9H13.3C4H6O2.Ti/c1-6-5-7(2)9(4)8(6)3;3*1-3(2)4(5)6;/h6H,1-4H3;3*1H2,2H3,(H,5,6);/q-1;;;;. The third-order valence-electron chi connectivity index (χ3n) is 3.33. The number of hydrogen-bond acceptors (Lipinski definition) is 3. The van der Waals surface area contributed by atoms with Crippen molar-refractivity contribution in [3.63, 3.8) is 0 Å². The Hall–Kier alpha value is -2.18. The molecule has 0 fully saturated rings. The van der Waals surface area contributed by atoms with Crippen molar-refractivity contribution in [2.45, 2.75) is 48.5 Å². The van der Waals surface area contributed by atoms with Gasteiger partial charge in [0.05, 0.1) is 0 Å². The summed E-state index contributed by atoms with van der Waals surface area (Å²) in [5.41, 5.74) is 4.77. The average molecular weight is 427 g/mol. The van der Waals surface area contributed by atoms with Crippen LogP contribution in [0.2, 0.25) is 0 Å². The van der Waals surface area contributed by atoms with Crippen molar-refractivity contribution in [2.75, 3.05) is 0 Å². The summed E-state index contributed by atoms with van der Waals surface area (Å²) in [4.78, 5) is 28.8. The van der Waals surface area contributed by atoms with Crippen molar-refractivity contribution in [3.8, 4) is 0 Å². The van der Waals surface area contributed by atoms with Gasteiger partial charge < -0.3 is 15.3 Å². The minimum Gasteiger partial charge on any atom is -0.478 e. The fraction of sp³-hybridized carbons (Fsp3) is 0.381. The second kappa shape index (κ2) is 17.0. The van der Waals surface area contributed by atoms with Gasteiger partial charge in [0.25, 0.3) is 0 Å². The number of aliphatic carboxylic acids is 3. The van der Waals surface area contributed by atoms with Gasteiger partial charge in [-0.05, 0) is 20.8 Å². The molecule has 0 saturated heterocycles. The number of carboxylic acids is 3. The monoisotopic (exact) mass is 427 g/mol. The van der Waals surface area contributed by atoms with Gasteiger partial charge in [-0.2, -0.15) is 11.1 Å². The minimum atomic E-state index is -0.935. The number of rotatable bonds is 3. The molecule has 1 aliphatic carbocycles. The summed E-state index contributed by atoms with van der Waals surface area (Å²) in [5, 5.41) is 23.7. The quantitative estimate of drug-likeness (QED) is 0.343. The zero-order valence-corrected chi connectivity index (χ0v) is 19.3. The van der Waals surface area contributed by atoms with Crippen molar-refractivity contribution < 1.29 is 51.4 Å². The summed E-state index contributed by atoms with van der Waals surface area (Å²) in [7, 11) is 0. The Morgan fingerprint density at radius 2 is 1.00 bits per heavy atom. The van der Waals surface area contributed by atoms with Gasteiger partial charge in [0.1, 0.15) is 0 Å².